The van der Waals surface area contributed by atoms with Gasteiger partial charge in [-0.1, -0.05) is 133 Å². The molecule has 0 bridgehead atoms. The molecule has 0 saturated heterocycles. The molecular weight excluding hydrogens is 599 g/mol. The van der Waals surface area contributed by atoms with E-state index in [1.807, 2.05) is 36.4 Å². The topological polar surface area (TPSA) is 51.8 Å². The summed E-state index contributed by atoms with van der Waals surface area (Å²) in [4.78, 5) is 15.7. The predicted octanol–water partition coefficient (Wildman–Crippen LogP) is 11.9. The Morgan fingerprint density at radius 3 is 1.69 bits per heavy atom. The molecule has 0 aliphatic heterocycles. The van der Waals surface area contributed by atoms with E-state index in [4.69, 9.17) is 19.4 Å². The fourth-order valence-corrected chi connectivity index (χ4v) is 7.16. The van der Waals surface area contributed by atoms with Gasteiger partial charge >= 0.3 is 0 Å². The van der Waals surface area contributed by atoms with Gasteiger partial charge in [0.2, 0.25) is 0 Å². The van der Waals surface area contributed by atoms with Gasteiger partial charge in [0.25, 0.3) is 0 Å². The summed E-state index contributed by atoms with van der Waals surface area (Å²) in [6.07, 6.45) is 0. The molecule has 2 aromatic heterocycles. The molecule has 0 amide bonds. The molecule has 228 valence electrons. The Bertz CT molecular complexity index is 2880. The predicted molar refractivity (Wildman–Crippen MR) is 201 cm³/mol. The minimum atomic E-state index is 0.614. The Hall–Kier alpha value is -6.65. The molecule has 0 fully saturated rings. The maximum atomic E-state index is 6.52. The lowest BCUT2D eigenvalue weighted by molar-refractivity contribution is 0.672. The van der Waals surface area contributed by atoms with Gasteiger partial charge in [-0.2, -0.15) is 0 Å². The zero-order valence-corrected chi connectivity index (χ0v) is 26.3. The molecular formula is C45H27N3O. The third-order valence-corrected chi connectivity index (χ3v) is 9.50. The van der Waals surface area contributed by atoms with E-state index in [1.54, 1.807) is 0 Å². The van der Waals surface area contributed by atoms with E-state index in [0.29, 0.717) is 17.5 Å². The van der Waals surface area contributed by atoms with Gasteiger partial charge in [-0.25, -0.2) is 15.0 Å². The second kappa shape index (κ2) is 11.0. The summed E-state index contributed by atoms with van der Waals surface area (Å²) in [6, 6.07) is 56.8. The Balaban J connectivity index is 1.32. The highest BCUT2D eigenvalue weighted by molar-refractivity contribution is 6.19. The van der Waals surface area contributed by atoms with E-state index in [2.05, 4.69) is 127 Å². The van der Waals surface area contributed by atoms with E-state index in [1.165, 1.54) is 10.8 Å². The number of rotatable bonds is 4. The molecule has 0 radical (unpaired) electrons. The van der Waals surface area contributed by atoms with Gasteiger partial charge in [0, 0.05) is 32.8 Å². The van der Waals surface area contributed by atoms with E-state index >= 15 is 0 Å². The molecule has 0 atom stereocenters. The average molecular weight is 626 g/mol. The average Bonchev–Trinajstić information content (AvgIpc) is 3.56. The number of para-hydroxylation sites is 1. The van der Waals surface area contributed by atoms with Crippen molar-refractivity contribution in [3.63, 3.8) is 0 Å². The third-order valence-electron chi connectivity index (χ3n) is 9.50. The van der Waals surface area contributed by atoms with Crippen molar-refractivity contribution in [2.75, 3.05) is 0 Å². The second-order valence-electron chi connectivity index (χ2n) is 12.4. The van der Waals surface area contributed by atoms with Gasteiger partial charge < -0.3 is 4.42 Å². The fourth-order valence-electron chi connectivity index (χ4n) is 7.16. The molecule has 2 heterocycles. The summed E-state index contributed by atoms with van der Waals surface area (Å²) in [6.45, 7) is 0. The number of nitrogens with zero attached hydrogens (tertiary/aromatic N) is 3. The van der Waals surface area contributed by atoms with Gasteiger partial charge in [0.1, 0.15) is 11.2 Å². The maximum Gasteiger partial charge on any atom is 0.164 e. The van der Waals surface area contributed by atoms with Crippen LogP contribution in [0.25, 0.3) is 99.5 Å². The normalized spacial score (nSPS) is 11.7. The van der Waals surface area contributed by atoms with E-state index in [-0.39, 0.29) is 0 Å². The quantitative estimate of drug-likeness (QED) is 0.183. The Kier molecular flexibility index (Phi) is 6.15. The monoisotopic (exact) mass is 625 g/mol. The lowest BCUT2D eigenvalue weighted by Gasteiger charge is -2.14. The van der Waals surface area contributed by atoms with Crippen LogP contribution in [-0.4, -0.2) is 15.0 Å². The van der Waals surface area contributed by atoms with Crippen LogP contribution in [0.4, 0.5) is 0 Å². The number of aromatic nitrogens is 3. The highest BCUT2D eigenvalue weighted by Gasteiger charge is 2.20. The van der Waals surface area contributed by atoms with Crippen LogP contribution >= 0.6 is 0 Å². The summed E-state index contributed by atoms with van der Waals surface area (Å²) in [5, 5.41) is 8.75. The largest absolute Gasteiger partial charge is 0.455 e. The zero-order valence-electron chi connectivity index (χ0n) is 26.3. The fraction of sp³-hybridized carbons (Fsp3) is 0. The Morgan fingerprint density at radius 1 is 0.327 bits per heavy atom. The summed E-state index contributed by atoms with van der Waals surface area (Å²) in [5.41, 5.74) is 6.80. The smallest absolute Gasteiger partial charge is 0.164 e. The van der Waals surface area contributed by atoms with Crippen molar-refractivity contribution in [1.29, 1.82) is 0 Å². The van der Waals surface area contributed by atoms with Crippen molar-refractivity contribution in [3.05, 3.63) is 164 Å². The van der Waals surface area contributed by atoms with Gasteiger partial charge in [0.05, 0.1) is 0 Å². The van der Waals surface area contributed by atoms with Crippen LogP contribution in [0, 0.1) is 0 Å². The zero-order chi connectivity index (χ0) is 32.3. The standard InChI is InChI=1S/C45H27N3O/c1-3-13-28(14-4-1)30-23-24-36-37(25-30)40(27-38-35-21-11-12-22-41(35)49-42(36)38)45-47-43(29-15-5-2-6-16-29)46-44(48-45)39-26-31-17-7-8-18-32(31)33-19-9-10-20-34(33)39/h1-27H. The van der Waals surface area contributed by atoms with Crippen LogP contribution < -0.4 is 0 Å². The molecule has 8 aromatic carbocycles. The van der Waals surface area contributed by atoms with Crippen LogP contribution in [0.1, 0.15) is 0 Å². The number of hydrogen-bond donors (Lipinski definition) is 0. The summed E-state index contributed by atoms with van der Waals surface area (Å²) in [5.74, 6) is 1.88. The van der Waals surface area contributed by atoms with Crippen molar-refractivity contribution in [3.8, 4) is 45.3 Å². The summed E-state index contributed by atoms with van der Waals surface area (Å²) < 4.78 is 6.52. The van der Waals surface area contributed by atoms with Gasteiger partial charge in [-0.3, -0.25) is 0 Å². The van der Waals surface area contributed by atoms with E-state index in [9.17, 15) is 0 Å². The van der Waals surface area contributed by atoms with Gasteiger partial charge in [-0.05, 0) is 68.4 Å². The van der Waals surface area contributed by atoms with Crippen molar-refractivity contribution in [2.24, 2.45) is 0 Å². The van der Waals surface area contributed by atoms with Crippen molar-refractivity contribution in [1.82, 2.24) is 15.0 Å². The van der Waals surface area contributed by atoms with E-state index < -0.39 is 0 Å². The lowest BCUT2D eigenvalue weighted by atomic mass is 9.95. The molecule has 4 nitrogen and oxygen atoms in total. The van der Waals surface area contributed by atoms with Crippen LogP contribution in [-0.2, 0) is 0 Å². The maximum absolute atomic E-state index is 6.52. The molecule has 0 N–H and O–H groups in total. The van der Waals surface area contributed by atoms with Crippen LogP contribution in [0.5, 0.6) is 0 Å². The van der Waals surface area contributed by atoms with Crippen molar-refractivity contribution in [2.45, 2.75) is 0 Å². The number of benzene rings is 8. The minimum absolute atomic E-state index is 0.614. The molecule has 10 rings (SSSR count). The molecule has 0 aliphatic rings. The van der Waals surface area contributed by atoms with Crippen LogP contribution in [0.2, 0.25) is 0 Å². The van der Waals surface area contributed by atoms with Gasteiger partial charge in [-0.15, -0.1) is 0 Å². The van der Waals surface area contributed by atoms with Crippen LogP contribution in [0.15, 0.2) is 168 Å². The SMILES string of the molecule is c1ccc(-c2ccc3c(c2)c(-c2nc(-c4ccccc4)nc(-c4cc5ccccc5c5ccccc45)n2)cc2c4ccccc4oc32)cc1. The number of hydrogen-bond acceptors (Lipinski definition) is 4. The molecule has 0 saturated carbocycles. The first-order chi connectivity index (χ1) is 24.3. The van der Waals surface area contributed by atoms with Crippen molar-refractivity contribution < 1.29 is 4.42 Å². The molecule has 49 heavy (non-hydrogen) atoms. The summed E-state index contributed by atoms with van der Waals surface area (Å²) in [7, 11) is 0. The highest BCUT2D eigenvalue weighted by atomic mass is 16.3. The molecule has 0 spiro atoms. The molecule has 10 aromatic rings. The first kappa shape index (κ1) is 27.5. The van der Waals surface area contributed by atoms with Crippen LogP contribution in [0.3, 0.4) is 0 Å². The van der Waals surface area contributed by atoms with Crippen molar-refractivity contribution >= 4 is 54.3 Å². The Morgan fingerprint density at radius 2 is 0.918 bits per heavy atom. The number of fused-ring (bicyclic) bond motifs is 8. The van der Waals surface area contributed by atoms with E-state index in [0.717, 1.165) is 71.3 Å². The Labute approximate surface area is 282 Å². The lowest BCUT2D eigenvalue weighted by Crippen LogP contribution is -2.01. The summed E-state index contributed by atoms with van der Waals surface area (Å²) >= 11 is 0. The highest BCUT2D eigenvalue weighted by Crippen LogP contribution is 2.42. The molecule has 4 heteroatoms. The van der Waals surface area contributed by atoms with Gasteiger partial charge in [0.15, 0.2) is 17.5 Å². The first-order valence-corrected chi connectivity index (χ1v) is 16.4. The second-order valence-corrected chi connectivity index (χ2v) is 12.4. The minimum Gasteiger partial charge on any atom is -0.455 e. The number of furan rings is 1. The third kappa shape index (κ3) is 4.49. The molecule has 0 aliphatic carbocycles. The molecule has 0 unspecified atom stereocenters. The first-order valence-electron chi connectivity index (χ1n) is 16.4.